The van der Waals surface area contributed by atoms with E-state index in [2.05, 4.69) is 4.98 Å². The van der Waals surface area contributed by atoms with Gasteiger partial charge in [0.1, 0.15) is 11.1 Å². The van der Waals surface area contributed by atoms with Crippen LogP contribution in [0.3, 0.4) is 0 Å². The first-order chi connectivity index (χ1) is 8.08. The van der Waals surface area contributed by atoms with Crippen LogP contribution in [0.1, 0.15) is 9.67 Å². The van der Waals surface area contributed by atoms with Gasteiger partial charge in [0, 0.05) is 16.5 Å². The normalized spacial score (nSPS) is 10.1. The molecule has 0 saturated carbocycles. The van der Waals surface area contributed by atoms with Crippen LogP contribution in [0.5, 0.6) is 0 Å². The Labute approximate surface area is 99.3 Å². The summed E-state index contributed by atoms with van der Waals surface area (Å²) in [7, 11) is 0. The molecule has 2 aromatic rings. The van der Waals surface area contributed by atoms with Crippen molar-refractivity contribution in [1.29, 1.82) is 0 Å². The average Bonchev–Trinajstić information content (AvgIpc) is 2.78. The Morgan fingerprint density at radius 1 is 1.35 bits per heavy atom. The molecule has 1 N–H and O–H groups in total. The molecule has 2 rings (SSSR count). The van der Waals surface area contributed by atoms with Gasteiger partial charge >= 0.3 is 11.8 Å². The molecular formula is C10H6N2O4S. The van der Waals surface area contributed by atoms with Gasteiger partial charge in [-0.1, -0.05) is 0 Å². The Bertz CT molecular complexity index is 576. The van der Waals surface area contributed by atoms with Crippen LogP contribution in [0.15, 0.2) is 30.5 Å². The summed E-state index contributed by atoms with van der Waals surface area (Å²) < 4.78 is 0. The summed E-state index contributed by atoms with van der Waals surface area (Å²) in [5, 5.41) is 19.2. The maximum absolute atomic E-state index is 10.7. The third kappa shape index (κ3) is 2.28. The van der Waals surface area contributed by atoms with Crippen LogP contribution in [-0.2, 0) is 0 Å². The van der Waals surface area contributed by atoms with Gasteiger partial charge in [0.15, 0.2) is 0 Å². The minimum atomic E-state index is -0.990. The number of nitro groups is 1. The Morgan fingerprint density at radius 2 is 2.12 bits per heavy atom. The number of pyridine rings is 1. The van der Waals surface area contributed by atoms with Crippen LogP contribution < -0.4 is 0 Å². The Balaban J connectivity index is 2.33. The van der Waals surface area contributed by atoms with Gasteiger partial charge in [-0.3, -0.25) is 0 Å². The number of thiophene rings is 1. The van der Waals surface area contributed by atoms with Gasteiger partial charge in [0.2, 0.25) is 0 Å². The number of aromatic carboxylic acids is 1. The van der Waals surface area contributed by atoms with E-state index in [4.69, 9.17) is 5.11 Å². The number of carboxylic acid groups (broad SMARTS) is 1. The van der Waals surface area contributed by atoms with E-state index in [0.717, 1.165) is 11.3 Å². The first kappa shape index (κ1) is 11.2. The monoisotopic (exact) mass is 250 g/mol. The molecule has 0 aliphatic heterocycles. The molecule has 0 aromatic carbocycles. The molecule has 0 spiro atoms. The van der Waals surface area contributed by atoms with Crippen molar-refractivity contribution in [3.05, 3.63) is 45.5 Å². The van der Waals surface area contributed by atoms with Gasteiger partial charge in [-0.2, -0.15) is 0 Å². The minimum absolute atomic E-state index is 0.221. The van der Waals surface area contributed by atoms with Crippen LogP contribution in [0.2, 0.25) is 0 Å². The van der Waals surface area contributed by atoms with Crippen molar-refractivity contribution in [3.8, 4) is 10.4 Å². The molecule has 2 aromatic heterocycles. The predicted octanol–water partition coefficient (Wildman–Crippen LogP) is 2.42. The highest BCUT2D eigenvalue weighted by atomic mass is 32.1. The van der Waals surface area contributed by atoms with E-state index in [1.54, 1.807) is 12.1 Å². The second-order valence-electron chi connectivity index (χ2n) is 3.13. The van der Waals surface area contributed by atoms with Crippen molar-refractivity contribution in [2.24, 2.45) is 0 Å². The summed E-state index contributed by atoms with van der Waals surface area (Å²) in [4.78, 5) is 25.1. The number of carbonyl (C=O) groups is 1. The van der Waals surface area contributed by atoms with E-state index in [0.29, 0.717) is 10.4 Å². The van der Waals surface area contributed by atoms with Crippen LogP contribution >= 0.6 is 11.3 Å². The average molecular weight is 250 g/mol. The van der Waals surface area contributed by atoms with Gasteiger partial charge in [0.05, 0.1) is 0 Å². The zero-order valence-corrected chi connectivity index (χ0v) is 9.18. The SMILES string of the molecule is O=C(O)c1ccc(-c2ccc([N+](=O)[O-])nc2)s1. The van der Waals surface area contributed by atoms with Crippen molar-refractivity contribution in [1.82, 2.24) is 4.98 Å². The fourth-order valence-corrected chi connectivity index (χ4v) is 2.08. The Kier molecular flexibility index (Phi) is 2.84. The molecular weight excluding hydrogens is 244 g/mol. The summed E-state index contributed by atoms with van der Waals surface area (Å²) in [6, 6.07) is 5.97. The van der Waals surface area contributed by atoms with Gasteiger partial charge in [-0.25, -0.2) is 4.79 Å². The van der Waals surface area contributed by atoms with Gasteiger partial charge in [-0.05, 0) is 28.1 Å². The summed E-state index contributed by atoms with van der Waals surface area (Å²) in [5.74, 6) is -1.22. The van der Waals surface area contributed by atoms with Crippen molar-refractivity contribution in [2.45, 2.75) is 0 Å². The number of carboxylic acids is 1. The first-order valence-corrected chi connectivity index (χ1v) is 5.33. The molecule has 0 bridgehead atoms. The molecule has 0 aliphatic carbocycles. The quantitative estimate of drug-likeness (QED) is 0.666. The smallest absolute Gasteiger partial charge is 0.363 e. The van der Waals surface area contributed by atoms with Crippen molar-refractivity contribution in [2.75, 3.05) is 0 Å². The van der Waals surface area contributed by atoms with Gasteiger partial charge in [-0.15, -0.1) is 11.3 Å². The van der Waals surface area contributed by atoms with Crippen molar-refractivity contribution >= 4 is 23.1 Å². The van der Waals surface area contributed by atoms with Crippen molar-refractivity contribution in [3.63, 3.8) is 0 Å². The molecule has 86 valence electrons. The van der Waals surface area contributed by atoms with E-state index in [1.165, 1.54) is 18.3 Å². The zero-order chi connectivity index (χ0) is 12.4. The van der Waals surface area contributed by atoms with E-state index in [9.17, 15) is 14.9 Å². The second-order valence-corrected chi connectivity index (χ2v) is 4.22. The third-order valence-corrected chi connectivity index (χ3v) is 3.16. The summed E-state index contributed by atoms with van der Waals surface area (Å²) in [6.07, 6.45) is 1.36. The molecule has 0 amide bonds. The van der Waals surface area contributed by atoms with Crippen LogP contribution in [-0.4, -0.2) is 21.0 Å². The number of nitrogens with zero attached hydrogens (tertiary/aromatic N) is 2. The highest BCUT2D eigenvalue weighted by Crippen LogP contribution is 2.28. The number of aromatic nitrogens is 1. The molecule has 0 saturated heterocycles. The molecule has 7 heteroatoms. The van der Waals surface area contributed by atoms with E-state index < -0.39 is 10.9 Å². The van der Waals surface area contributed by atoms with Crippen molar-refractivity contribution < 1.29 is 14.8 Å². The summed E-state index contributed by atoms with van der Waals surface area (Å²) in [6.45, 7) is 0. The molecule has 0 radical (unpaired) electrons. The van der Waals surface area contributed by atoms with Gasteiger partial charge < -0.3 is 15.2 Å². The highest BCUT2D eigenvalue weighted by molar-refractivity contribution is 7.17. The Morgan fingerprint density at radius 3 is 2.59 bits per heavy atom. The molecule has 0 unspecified atom stereocenters. The third-order valence-electron chi connectivity index (χ3n) is 2.04. The lowest BCUT2D eigenvalue weighted by Crippen LogP contribution is -1.91. The largest absolute Gasteiger partial charge is 0.477 e. The first-order valence-electron chi connectivity index (χ1n) is 4.52. The predicted molar refractivity (Wildman–Crippen MR) is 61.2 cm³/mol. The fourth-order valence-electron chi connectivity index (χ4n) is 1.25. The lowest BCUT2D eigenvalue weighted by molar-refractivity contribution is -0.389. The lowest BCUT2D eigenvalue weighted by Gasteiger charge is -1.94. The number of rotatable bonds is 3. The molecule has 17 heavy (non-hydrogen) atoms. The Hall–Kier alpha value is -2.28. The summed E-state index contributed by atoms with van der Waals surface area (Å²) in [5.41, 5.74) is 0.660. The molecule has 2 heterocycles. The molecule has 6 nitrogen and oxygen atoms in total. The highest BCUT2D eigenvalue weighted by Gasteiger charge is 2.11. The lowest BCUT2D eigenvalue weighted by atomic mass is 10.2. The van der Waals surface area contributed by atoms with E-state index in [-0.39, 0.29) is 10.7 Å². The standard InChI is InChI=1S/C10H6N2O4S/c13-10(14)8-3-2-7(17-8)6-1-4-9(11-5-6)12(15)16/h1-5H,(H,13,14). The fraction of sp³-hybridized carbons (Fsp3) is 0. The zero-order valence-electron chi connectivity index (χ0n) is 8.36. The molecule has 0 aliphatic rings. The molecule has 0 atom stereocenters. The maximum atomic E-state index is 10.7. The maximum Gasteiger partial charge on any atom is 0.363 e. The second kappa shape index (κ2) is 4.30. The van der Waals surface area contributed by atoms with E-state index in [1.807, 2.05) is 0 Å². The topological polar surface area (TPSA) is 93.3 Å². The van der Waals surface area contributed by atoms with Gasteiger partial charge in [0.25, 0.3) is 0 Å². The van der Waals surface area contributed by atoms with Crippen LogP contribution in [0, 0.1) is 10.1 Å². The number of hydrogen-bond donors (Lipinski definition) is 1. The minimum Gasteiger partial charge on any atom is -0.477 e. The number of hydrogen-bond acceptors (Lipinski definition) is 5. The van der Waals surface area contributed by atoms with Crippen LogP contribution in [0.4, 0.5) is 5.82 Å². The van der Waals surface area contributed by atoms with E-state index >= 15 is 0 Å². The molecule has 0 fully saturated rings. The van der Waals surface area contributed by atoms with Crippen LogP contribution in [0.25, 0.3) is 10.4 Å². The summed E-state index contributed by atoms with van der Waals surface area (Å²) >= 11 is 1.10.